The van der Waals surface area contributed by atoms with Crippen LogP contribution in [0.4, 0.5) is 0 Å². The first-order valence-corrected chi connectivity index (χ1v) is 7.31. The number of phenolic OH excluding ortho intramolecular Hbond substituents is 2. The lowest BCUT2D eigenvalue weighted by Crippen LogP contribution is -2.24. The molecule has 0 aliphatic carbocycles. The molecule has 1 aromatic carbocycles. The van der Waals surface area contributed by atoms with E-state index in [1.54, 1.807) is 0 Å². The van der Waals surface area contributed by atoms with Crippen LogP contribution in [0.2, 0.25) is 0 Å². The number of benzene rings is 1. The first-order valence-electron chi connectivity index (χ1n) is 7.31. The van der Waals surface area contributed by atoms with Crippen LogP contribution in [0, 0.1) is 5.92 Å². The van der Waals surface area contributed by atoms with Gasteiger partial charge >= 0.3 is 0 Å². The van der Waals surface area contributed by atoms with E-state index < -0.39 is 5.91 Å². The van der Waals surface area contributed by atoms with E-state index in [4.69, 9.17) is 0 Å². The van der Waals surface area contributed by atoms with Crippen molar-refractivity contribution < 1.29 is 15.0 Å². The number of aromatic hydroxyl groups is 2. The zero-order valence-corrected chi connectivity index (χ0v) is 12.4. The lowest BCUT2D eigenvalue weighted by Gasteiger charge is -2.08. The van der Waals surface area contributed by atoms with E-state index in [1.807, 2.05) is 0 Å². The zero-order valence-electron chi connectivity index (χ0n) is 12.4. The minimum Gasteiger partial charge on any atom is -0.507 e. The molecule has 0 saturated heterocycles. The van der Waals surface area contributed by atoms with Gasteiger partial charge in [-0.25, -0.2) is 0 Å². The van der Waals surface area contributed by atoms with Gasteiger partial charge in [0, 0.05) is 6.54 Å². The van der Waals surface area contributed by atoms with Crippen LogP contribution in [0.3, 0.4) is 0 Å². The van der Waals surface area contributed by atoms with Crippen LogP contribution in [0.1, 0.15) is 56.3 Å². The van der Waals surface area contributed by atoms with E-state index >= 15 is 0 Å². The largest absolute Gasteiger partial charge is 0.507 e. The maximum atomic E-state index is 11.8. The van der Waals surface area contributed by atoms with Gasteiger partial charge in [-0.15, -0.1) is 0 Å². The fourth-order valence-electron chi connectivity index (χ4n) is 2.08. The van der Waals surface area contributed by atoms with Gasteiger partial charge in [0.05, 0.1) is 0 Å². The highest BCUT2D eigenvalue weighted by molar-refractivity contribution is 5.99. The number of carbonyl (C=O) groups excluding carboxylic acids is 1. The topological polar surface area (TPSA) is 69.6 Å². The first kappa shape index (κ1) is 16.3. The van der Waals surface area contributed by atoms with Gasteiger partial charge in [0.2, 0.25) is 0 Å². The molecule has 0 spiro atoms. The third-order valence-electron chi connectivity index (χ3n) is 3.24. The van der Waals surface area contributed by atoms with Gasteiger partial charge in [0.15, 0.2) is 0 Å². The lowest BCUT2D eigenvalue weighted by atomic mass is 10.0. The molecule has 20 heavy (non-hydrogen) atoms. The minimum absolute atomic E-state index is 0.0488. The van der Waals surface area contributed by atoms with Crippen molar-refractivity contribution in [2.75, 3.05) is 6.54 Å². The van der Waals surface area contributed by atoms with Crippen LogP contribution >= 0.6 is 0 Å². The fourth-order valence-corrected chi connectivity index (χ4v) is 2.08. The van der Waals surface area contributed by atoms with E-state index in [0.29, 0.717) is 6.54 Å². The fraction of sp³-hybridized carbons (Fsp3) is 0.562. The third-order valence-corrected chi connectivity index (χ3v) is 3.24. The van der Waals surface area contributed by atoms with Crippen molar-refractivity contribution in [3.63, 3.8) is 0 Å². The molecular formula is C16H25NO3. The van der Waals surface area contributed by atoms with Crippen LogP contribution in [0.25, 0.3) is 0 Å². The van der Waals surface area contributed by atoms with Gasteiger partial charge in [0.25, 0.3) is 5.91 Å². The second kappa shape index (κ2) is 8.46. The zero-order chi connectivity index (χ0) is 15.0. The van der Waals surface area contributed by atoms with Crippen molar-refractivity contribution in [1.82, 2.24) is 5.32 Å². The lowest BCUT2D eigenvalue weighted by molar-refractivity contribution is 0.0947. The summed E-state index contributed by atoms with van der Waals surface area (Å²) in [5.41, 5.74) is -0.0488. The van der Waals surface area contributed by atoms with Crippen molar-refractivity contribution in [2.24, 2.45) is 5.92 Å². The van der Waals surface area contributed by atoms with Gasteiger partial charge in [-0.1, -0.05) is 45.6 Å². The van der Waals surface area contributed by atoms with E-state index in [2.05, 4.69) is 19.2 Å². The molecule has 0 heterocycles. The number of phenols is 2. The summed E-state index contributed by atoms with van der Waals surface area (Å²) >= 11 is 0. The molecule has 0 saturated carbocycles. The van der Waals surface area contributed by atoms with Crippen molar-refractivity contribution in [3.8, 4) is 11.5 Å². The van der Waals surface area contributed by atoms with Gasteiger partial charge in [-0.3, -0.25) is 4.79 Å². The Morgan fingerprint density at radius 2 is 1.70 bits per heavy atom. The number of nitrogens with one attached hydrogen (secondary N) is 1. The highest BCUT2D eigenvalue weighted by Gasteiger charge is 2.14. The highest BCUT2D eigenvalue weighted by atomic mass is 16.3. The molecule has 0 aliphatic rings. The van der Waals surface area contributed by atoms with E-state index in [-0.39, 0.29) is 17.1 Å². The monoisotopic (exact) mass is 279 g/mol. The van der Waals surface area contributed by atoms with Crippen LogP contribution in [0.5, 0.6) is 11.5 Å². The average molecular weight is 279 g/mol. The highest BCUT2D eigenvalue weighted by Crippen LogP contribution is 2.25. The number of amides is 1. The maximum absolute atomic E-state index is 11.8. The molecule has 1 aromatic rings. The molecule has 1 amide bonds. The Hall–Kier alpha value is -1.71. The summed E-state index contributed by atoms with van der Waals surface area (Å²) < 4.78 is 0. The molecular weight excluding hydrogens is 254 g/mol. The predicted octanol–water partition coefficient (Wildman–Crippen LogP) is 3.43. The first-order chi connectivity index (χ1) is 9.52. The van der Waals surface area contributed by atoms with Crippen molar-refractivity contribution in [2.45, 2.75) is 46.0 Å². The Morgan fingerprint density at radius 1 is 1.10 bits per heavy atom. The molecule has 0 aromatic heterocycles. The Balaban J connectivity index is 2.24. The number of rotatable bonds is 8. The van der Waals surface area contributed by atoms with Gasteiger partial charge in [-0.2, -0.15) is 0 Å². The normalized spacial score (nSPS) is 10.8. The number of carbonyl (C=O) groups is 1. The summed E-state index contributed by atoms with van der Waals surface area (Å²) in [6, 6.07) is 4.28. The molecule has 3 N–H and O–H groups in total. The Bertz CT molecular complexity index is 409. The molecule has 0 radical (unpaired) electrons. The molecule has 4 nitrogen and oxygen atoms in total. The van der Waals surface area contributed by atoms with Gasteiger partial charge in [-0.05, 0) is 24.5 Å². The molecule has 112 valence electrons. The molecule has 0 atom stereocenters. The van der Waals surface area contributed by atoms with Gasteiger partial charge < -0.3 is 15.5 Å². The number of hydrogen-bond acceptors (Lipinski definition) is 3. The van der Waals surface area contributed by atoms with Crippen LogP contribution < -0.4 is 5.32 Å². The van der Waals surface area contributed by atoms with Crippen LogP contribution in [0.15, 0.2) is 18.2 Å². The number of hydrogen-bond donors (Lipinski definition) is 3. The summed E-state index contributed by atoms with van der Waals surface area (Å²) in [6.07, 6.45) is 5.65. The van der Waals surface area contributed by atoms with Crippen molar-refractivity contribution in [3.05, 3.63) is 23.8 Å². The minimum atomic E-state index is -0.428. The maximum Gasteiger partial charge on any atom is 0.258 e. The summed E-state index contributed by atoms with van der Waals surface area (Å²) in [4.78, 5) is 11.8. The average Bonchev–Trinajstić information content (AvgIpc) is 2.37. The van der Waals surface area contributed by atoms with Crippen LogP contribution in [-0.2, 0) is 0 Å². The molecule has 0 unspecified atom stereocenters. The standard InChI is InChI=1S/C16H25NO3/c1-12(2)8-5-3-4-6-11-17-16(20)15-13(18)9-7-10-14(15)19/h7,9-10,12,18-19H,3-6,8,11H2,1-2H3,(H,17,20). The SMILES string of the molecule is CC(C)CCCCCCNC(=O)c1c(O)cccc1O. The molecule has 0 aliphatic heterocycles. The van der Waals surface area contributed by atoms with Crippen molar-refractivity contribution in [1.29, 1.82) is 0 Å². The molecule has 0 fully saturated rings. The molecule has 1 rings (SSSR count). The molecule has 4 heteroatoms. The number of unbranched alkanes of at least 4 members (excludes halogenated alkanes) is 3. The van der Waals surface area contributed by atoms with Crippen molar-refractivity contribution >= 4 is 5.91 Å². The summed E-state index contributed by atoms with van der Waals surface area (Å²) in [6.45, 7) is 5.01. The van der Waals surface area contributed by atoms with E-state index in [9.17, 15) is 15.0 Å². The van der Waals surface area contributed by atoms with E-state index in [0.717, 1.165) is 18.8 Å². The summed E-state index contributed by atoms with van der Waals surface area (Å²) in [5, 5.41) is 21.9. The van der Waals surface area contributed by atoms with Crippen LogP contribution in [-0.4, -0.2) is 22.7 Å². The Kier molecular flexibility index (Phi) is 6.91. The third kappa shape index (κ3) is 5.51. The quantitative estimate of drug-likeness (QED) is 0.638. The molecule has 0 bridgehead atoms. The van der Waals surface area contributed by atoms with Gasteiger partial charge in [0.1, 0.15) is 17.1 Å². The smallest absolute Gasteiger partial charge is 0.258 e. The Labute approximate surface area is 120 Å². The summed E-state index contributed by atoms with van der Waals surface area (Å²) in [5.74, 6) is -0.0691. The second-order valence-corrected chi connectivity index (χ2v) is 5.52. The second-order valence-electron chi connectivity index (χ2n) is 5.52. The summed E-state index contributed by atoms with van der Waals surface area (Å²) in [7, 11) is 0. The predicted molar refractivity (Wildman–Crippen MR) is 80.0 cm³/mol. The Morgan fingerprint density at radius 3 is 2.30 bits per heavy atom. The van der Waals surface area contributed by atoms with E-state index in [1.165, 1.54) is 37.5 Å².